The van der Waals surface area contributed by atoms with Crippen LogP contribution in [0.4, 0.5) is 0 Å². The Hall–Kier alpha value is -2.53. The number of carbonyl (C=O) groups excluding carboxylic acids is 1. The molecule has 0 unspecified atom stereocenters. The Balaban J connectivity index is 1.35. The highest BCUT2D eigenvalue weighted by atomic mass is 32.1. The van der Waals surface area contributed by atoms with Gasteiger partial charge in [0.25, 0.3) is 0 Å². The highest BCUT2D eigenvalue weighted by Crippen LogP contribution is 2.40. The van der Waals surface area contributed by atoms with Crippen molar-refractivity contribution in [2.75, 3.05) is 6.54 Å². The Bertz CT molecular complexity index is 977. The molecule has 0 radical (unpaired) electrons. The zero-order valence-corrected chi connectivity index (χ0v) is 18.4. The summed E-state index contributed by atoms with van der Waals surface area (Å²) in [5.41, 5.74) is 4.14. The molecule has 0 bridgehead atoms. The normalized spacial score (nSPS) is 15.6. The fourth-order valence-corrected chi connectivity index (χ4v) is 5.29. The molecular weight excluding hydrogens is 390 g/mol. The van der Waals surface area contributed by atoms with Crippen molar-refractivity contribution in [2.24, 2.45) is 0 Å². The molecule has 0 saturated heterocycles. The first kappa shape index (κ1) is 20.7. The largest absolute Gasteiger partial charge is 0.355 e. The van der Waals surface area contributed by atoms with Crippen molar-refractivity contribution in [3.05, 3.63) is 70.3 Å². The molecule has 0 atom stereocenters. The van der Waals surface area contributed by atoms with E-state index in [1.165, 1.54) is 17.5 Å². The predicted molar refractivity (Wildman–Crippen MR) is 123 cm³/mol. The SMILES string of the molecule is Cc1cccc(C2(C(=O)NCCCc3nc(-c4ccncc4)cs3)CCCCC2)c1. The standard InChI is InChI=1S/C25H29N3OS/c1-19-7-5-8-21(17-19)25(12-3-2-4-13-25)24(29)27-14-6-9-23-28-22(18-30-23)20-10-15-26-16-11-20/h5,7-8,10-11,15-18H,2-4,6,9,12-14H2,1H3,(H,27,29). The lowest BCUT2D eigenvalue weighted by Gasteiger charge is -2.36. The van der Waals surface area contributed by atoms with Crippen LogP contribution in [0.25, 0.3) is 11.3 Å². The third-order valence-corrected chi connectivity index (χ3v) is 7.00. The third kappa shape index (κ3) is 4.62. The van der Waals surface area contributed by atoms with Crippen LogP contribution in [0.15, 0.2) is 54.2 Å². The number of hydrogen-bond donors (Lipinski definition) is 1. The Kier molecular flexibility index (Phi) is 6.58. The van der Waals surface area contributed by atoms with Gasteiger partial charge in [0, 0.05) is 36.3 Å². The maximum Gasteiger partial charge on any atom is 0.230 e. The molecule has 1 fully saturated rings. The zero-order chi connectivity index (χ0) is 20.8. The van der Waals surface area contributed by atoms with Crippen molar-refractivity contribution < 1.29 is 4.79 Å². The Morgan fingerprint density at radius 1 is 1.13 bits per heavy atom. The van der Waals surface area contributed by atoms with E-state index in [9.17, 15) is 4.79 Å². The Morgan fingerprint density at radius 2 is 1.93 bits per heavy atom. The second-order valence-electron chi connectivity index (χ2n) is 8.23. The molecule has 1 saturated carbocycles. The van der Waals surface area contributed by atoms with Crippen molar-refractivity contribution in [2.45, 2.75) is 57.3 Å². The lowest BCUT2D eigenvalue weighted by molar-refractivity contribution is -0.128. The van der Waals surface area contributed by atoms with Gasteiger partial charge in [0.05, 0.1) is 16.1 Å². The second-order valence-corrected chi connectivity index (χ2v) is 9.18. The predicted octanol–water partition coefficient (Wildman–Crippen LogP) is 5.46. The first-order chi connectivity index (χ1) is 14.7. The van der Waals surface area contributed by atoms with Gasteiger partial charge in [-0.15, -0.1) is 11.3 Å². The maximum atomic E-state index is 13.3. The molecule has 1 amide bonds. The summed E-state index contributed by atoms with van der Waals surface area (Å²) < 4.78 is 0. The van der Waals surface area contributed by atoms with Crippen LogP contribution in [0, 0.1) is 6.92 Å². The molecule has 1 N–H and O–H groups in total. The summed E-state index contributed by atoms with van der Waals surface area (Å²) in [5.74, 6) is 0.199. The minimum atomic E-state index is -0.361. The number of benzene rings is 1. The van der Waals surface area contributed by atoms with Gasteiger partial charge in [-0.25, -0.2) is 4.98 Å². The van der Waals surface area contributed by atoms with Crippen molar-refractivity contribution >= 4 is 17.2 Å². The van der Waals surface area contributed by atoms with Gasteiger partial charge in [0.15, 0.2) is 0 Å². The summed E-state index contributed by atoms with van der Waals surface area (Å²) >= 11 is 1.68. The van der Waals surface area contributed by atoms with Crippen LogP contribution in [0.5, 0.6) is 0 Å². The second kappa shape index (κ2) is 9.52. The number of thiazole rings is 1. The van der Waals surface area contributed by atoms with Crippen molar-refractivity contribution in [1.82, 2.24) is 15.3 Å². The quantitative estimate of drug-likeness (QED) is 0.517. The van der Waals surface area contributed by atoms with Gasteiger partial charge < -0.3 is 5.32 Å². The van der Waals surface area contributed by atoms with E-state index in [-0.39, 0.29) is 11.3 Å². The Morgan fingerprint density at radius 3 is 2.70 bits per heavy atom. The molecule has 2 heterocycles. The molecule has 156 valence electrons. The van der Waals surface area contributed by atoms with Crippen molar-refractivity contribution in [1.29, 1.82) is 0 Å². The van der Waals surface area contributed by atoms with E-state index in [2.05, 4.69) is 46.9 Å². The van der Waals surface area contributed by atoms with Gasteiger partial charge in [0.2, 0.25) is 5.91 Å². The van der Waals surface area contributed by atoms with Gasteiger partial charge in [-0.3, -0.25) is 9.78 Å². The number of nitrogens with one attached hydrogen (secondary N) is 1. The summed E-state index contributed by atoms with van der Waals surface area (Å²) in [6, 6.07) is 12.5. The molecule has 2 aromatic heterocycles. The topological polar surface area (TPSA) is 54.9 Å². The lowest BCUT2D eigenvalue weighted by atomic mass is 9.68. The average Bonchev–Trinajstić information content (AvgIpc) is 3.27. The minimum Gasteiger partial charge on any atom is -0.355 e. The molecular formula is C25H29N3OS. The number of hydrogen-bond acceptors (Lipinski definition) is 4. The number of nitrogens with zero attached hydrogens (tertiary/aromatic N) is 2. The van der Waals surface area contributed by atoms with Gasteiger partial charge >= 0.3 is 0 Å². The number of amides is 1. The van der Waals surface area contributed by atoms with Crippen LogP contribution in [-0.4, -0.2) is 22.4 Å². The van der Waals surface area contributed by atoms with Crippen LogP contribution in [0.2, 0.25) is 0 Å². The van der Waals surface area contributed by atoms with Crippen molar-refractivity contribution in [3.63, 3.8) is 0 Å². The molecule has 0 aliphatic heterocycles. The van der Waals surface area contributed by atoms with E-state index in [0.29, 0.717) is 6.54 Å². The first-order valence-corrected chi connectivity index (χ1v) is 11.8. The Labute approximate surface area is 182 Å². The number of aryl methyl sites for hydroxylation is 2. The molecule has 3 aromatic rings. The van der Waals surface area contributed by atoms with E-state index in [1.807, 2.05) is 12.1 Å². The fourth-order valence-electron chi connectivity index (χ4n) is 4.44. The van der Waals surface area contributed by atoms with Gasteiger partial charge in [0.1, 0.15) is 0 Å². The highest BCUT2D eigenvalue weighted by Gasteiger charge is 2.40. The summed E-state index contributed by atoms with van der Waals surface area (Å²) in [4.78, 5) is 22.1. The molecule has 4 nitrogen and oxygen atoms in total. The number of carbonyl (C=O) groups is 1. The van der Waals surface area contributed by atoms with Crippen LogP contribution < -0.4 is 5.32 Å². The molecule has 5 heteroatoms. The number of aromatic nitrogens is 2. The third-order valence-electron chi connectivity index (χ3n) is 6.09. The summed E-state index contributed by atoms with van der Waals surface area (Å²) in [6.07, 6.45) is 10.7. The van der Waals surface area contributed by atoms with E-state index in [1.54, 1.807) is 23.7 Å². The van der Waals surface area contributed by atoms with Crippen LogP contribution in [0.1, 0.15) is 54.7 Å². The molecule has 1 aromatic carbocycles. The van der Waals surface area contributed by atoms with Gasteiger partial charge in [-0.05, 0) is 43.9 Å². The molecule has 0 spiro atoms. The van der Waals surface area contributed by atoms with E-state index < -0.39 is 0 Å². The highest BCUT2D eigenvalue weighted by molar-refractivity contribution is 7.09. The lowest BCUT2D eigenvalue weighted by Crippen LogP contribution is -2.46. The summed E-state index contributed by atoms with van der Waals surface area (Å²) in [6.45, 7) is 2.79. The average molecular weight is 420 g/mol. The maximum absolute atomic E-state index is 13.3. The fraction of sp³-hybridized carbons (Fsp3) is 0.400. The molecule has 4 rings (SSSR count). The number of rotatable bonds is 7. The summed E-state index contributed by atoms with van der Waals surface area (Å²) in [7, 11) is 0. The number of pyridine rings is 1. The van der Waals surface area contributed by atoms with Crippen LogP contribution in [0.3, 0.4) is 0 Å². The van der Waals surface area contributed by atoms with Gasteiger partial charge in [-0.2, -0.15) is 0 Å². The van der Waals surface area contributed by atoms with Crippen LogP contribution in [-0.2, 0) is 16.6 Å². The summed E-state index contributed by atoms with van der Waals surface area (Å²) in [5, 5.41) is 6.46. The van der Waals surface area contributed by atoms with E-state index >= 15 is 0 Å². The molecule has 1 aliphatic rings. The first-order valence-electron chi connectivity index (χ1n) is 10.9. The van der Waals surface area contributed by atoms with E-state index in [4.69, 9.17) is 4.98 Å². The van der Waals surface area contributed by atoms with Crippen molar-refractivity contribution in [3.8, 4) is 11.3 Å². The minimum absolute atomic E-state index is 0.199. The smallest absolute Gasteiger partial charge is 0.230 e. The zero-order valence-electron chi connectivity index (χ0n) is 17.6. The molecule has 1 aliphatic carbocycles. The molecule has 30 heavy (non-hydrogen) atoms. The van der Waals surface area contributed by atoms with Crippen LogP contribution >= 0.6 is 11.3 Å². The monoisotopic (exact) mass is 419 g/mol. The van der Waals surface area contributed by atoms with Gasteiger partial charge in [-0.1, -0.05) is 49.1 Å². The van der Waals surface area contributed by atoms with E-state index in [0.717, 1.165) is 54.8 Å².